The van der Waals surface area contributed by atoms with Gasteiger partial charge in [-0.05, 0) is 60.9 Å². The van der Waals surface area contributed by atoms with E-state index in [1.165, 1.54) is 30.0 Å². The van der Waals surface area contributed by atoms with Crippen molar-refractivity contribution >= 4 is 11.6 Å². The van der Waals surface area contributed by atoms with Gasteiger partial charge in [0, 0.05) is 11.6 Å². The zero-order valence-electron chi connectivity index (χ0n) is 11.9. The minimum absolute atomic E-state index is 0.339. The van der Waals surface area contributed by atoms with Crippen LogP contribution in [-0.4, -0.2) is 0 Å². The maximum absolute atomic E-state index is 14.0. The maximum atomic E-state index is 14.0. The fourth-order valence-corrected chi connectivity index (χ4v) is 3.27. The highest BCUT2D eigenvalue weighted by Gasteiger charge is 2.19. The van der Waals surface area contributed by atoms with Gasteiger partial charge in [-0.15, -0.1) is 11.6 Å². The van der Waals surface area contributed by atoms with Crippen molar-refractivity contribution in [2.75, 3.05) is 0 Å². The van der Waals surface area contributed by atoms with Crippen LogP contribution in [0.5, 0.6) is 0 Å². The molecule has 0 saturated carbocycles. The monoisotopic (exact) mass is 306 g/mol. The van der Waals surface area contributed by atoms with Crippen LogP contribution in [0, 0.1) is 18.6 Å². The summed E-state index contributed by atoms with van der Waals surface area (Å²) in [6, 6.07) is 8.54. The van der Waals surface area contributed by atoms with Crippen LogP contribution in [0.25, 0.3) is 0 Å². The predicted molar refractivity (Wildman–Crippen MR) is 81.9 cm³/mol. The molecule has 0 saturated heterocycles. The number of rotatable bonds is 2. The Kier molecular flexibility index (Phi) is 3.99. The lowest BCUT2D eigenvalue weighted by molar-refractivity contribution is 0.568. The fraction of sp³-hybridized carbons (Fsp3) is 0.333. The Bertz CT molecular complexity index is 679. The van der Waals surface area contributed by atoms with Crippen LogP contribution in [-0.2, 0) is 12.8 Å². The highest BCUT2D eigenvalue weighted by molar-refractivity contribution is 6.22. The smallest absolute Gasteiger partial charge is 0.131 e. The number of fused-ring (bicyclic) bond motifs is 1. The lowest BCUT2D eigenvalue weighted by Gasteiger charge is -2.19. The summed E-state index contributed by atoms with van der Waals surface area (Å²) in [4.78, 5) is 0. The van der Waals surface area contributed by atoms with Gasteiger partial charge in [-0.1, -0.05) is 18.2 Å². The molecule has 110 valence electrons. The third kappa shape index (κ3) is 2.82. The van der Waals surface area contributed by atoms with Crippen molar-refractivity contribution in [3.8, 4) is 0 Å². The first kappa shape index (κ1) is 14.5. The van der Waals surface area contributed by atoms with E-state index in [0.717, 1.165) is 24.5 Å². The van der Waals surface area contributed by atoms with Gasteiger partial charge in [-0.25, -0.2) is 8.78 Å². The van der Waals surface area contributed by atoms with Gasteiger partial charge in [0.15, 0.2) is 0 Å². The molecule has 0 nitrogen and oxygen atoms in total. The molecular weight excluding hydrogens is 290 g/mol. The zero-order chi connectivity index (χ0) is 15.0. The molecule has 0 spiro atoms. The van der Waals surface area contributed by atoms with Crippen LogP contribution in [0.4, 0.5) is 8.78 Å². The van der Waals surface area contributed by atoms with Crippen molar-refractivity contribution in [2.24, 2.45) is 0 Å². The Morgan fingerprint density at radius 1 is 0.952 bits per heavy atom. The first-order valence-corrected chi connectivity index (χ1v) is 7.71. The van der Waals surface area contributed by atoms with Crippen LogP contribution in [0.3, 0.4) is 0 Å². The summed E-state index contributed by atoms with van der Waals surface area (Å²) in [6.07, 6.45) is 4.57. The lowest BCUT2D eigenvalue weighted by atomic mass is 9.89. The second kappa shape index (κ2) is 5.76. The van der Waals surface area contributed by atoms with Gasteiger partial charge in [-0.3, -0.25) is 0 Å². The number of aryl methyl sites for hydroxylation is 3. The number of hydrogen-bond acceptors (Lipinski definition) is 0. The van der Waals surface area contributed by atoms with E-state index >= 15 is 0 Å². The molecule has 3 rings (SSSR count). The van der Waals surface area contributed by atoms with Crippen molar-refractivity contribution in [2.45, 2.75) is 38.0 Å². The van der Waals surface area contributed by atoms with E-state index in [9.17, 15) is 8.78 Å². The third-order valence-electron chi connectivity index (χ3n) is 4.22. The molecule has 0 fully saturated rings. The van der Waals surface area contributed by atoms with Crippen molar-refractivity contribution in [3.05, 3.63) is 69.8 Å². The van der Waals surface area contributed by atoms with Crippen LogP contribution < -0.4 is 0 Å². The van der Waals surface area contributed by atoms with Crippen molar-refractivity contribution < 1.29 is 8.78 Å². The normalized spacial score (nSPS) is 15.6. The highest BCUT2D eigenvalue weighted by Crippen LogP contribution is 2.34. The Morgan fingerprint density at radius 2 is 1.67 bits per heavy atom. The molecule has 0 radical (unpaired) electrons. The summed E-state index contributed by atoms with van der Waals surface area (Å²) in [5.74, 6) is -1.12. The molecule has 3 heteroatoms. The molecule has 0 aromatic heterocycles. The largest absolute Gasteiger partial charge is 0.207 e. The summed E-state index contributed by atoms with van der Waals surface area (Å²) >= 11 is 6.44. The first-order chi connectivity index (χ1) is 10.1. The van der Waals surface area contributed by atoms with Crippen molar-refractivity contribution in [1.82, 2.24) is 0 Å². The lowest BCUT2D eigenvalue weighted by Crippen LogP contribution is -2.05. The molecule has 0 heterocycles. The standard InChI is InChI=1S/C18H17ClF2/c1-11-8-15(17(21)10-16(11)20)18(19)14-7-6-12-4-2-3-5-13(12)9-14/h6-10,18H,2-5H2,1H3. The average Bonchev–Trinajstić information content (AvgIpc) is 2.50. The predicted octanol–water partition coefficient (Wildman–Crippen LogP) is 5.48. The average molecular weight is 307 g/mol. The van der Waals surface area contributed by atoms with Crippen LogP contribution in [0.15, 0.2) is 30.3 Å². The van der Waals surface area contributed by atoms with Gasteiger partial charge in [0.1, 0.15) is 11.6 Å². The van der Waals surface area contributed by atoms with E-state index < -0.39 is 17.0 Å². The van der Waals surface area contributed by atoms with Crippen molar-refractivity contribution in [3.63, 3.8) is 0 Å². The Hall–Kier alpha value is -1.41. The SMILES string of the molecule is Cc1cc(C(Cl)c2ccc3c(c2)CCCC3)c(F)cc1F. The van der Waals surface area contributed by atoms with Gasteiger partial charge >= 0.3 is 0 Å². The summed E-state index contributed by atoms with van der Waals surface area (Å²) < 4.78 is 27.3. The molecule has 1 atom stereocenters. The number of benzene rings is 2. The fourth-order valence-electron chi connectivity index (χ4n) is 2.96. The minimum atomic E-state index is -0.587. The topological polar surface area (TPSA) is 0 Å². The zero-order valence-corrected chi connectivity index (χ0v) is 12.7. The quantitative estimate of drug-likeness (QED) is 0.644. The Morgan fingerprint density at radius 3 is 2.43 bits per heavy atom. The number of alkyl halides is 1. The summed E-state index contributed by atoms with van der Waals surface area (Å²) in [5.41, 5.74) is 4.30. The van der Waals surface area contributed by atoms with Gasteiger partial charge in [0.2, 0.25) is 0 Å². The molecule has 0 amide bonds. The molecule has 0 bridgehead atoms. The number of halogens is 3. The van der Waals surface area contributed by atoms with Gasteiger partial charge in [0.05, 0.1) is 5.38 Å². The van der Waals surface area contributed by atoms with E-state index in [0.29, 0.717) is 11.1 Å². The minimum Gasteiger partial charge on any atom is -0.207 e. The van der Waals surface area contributed by atoms with E-state index in [4.69, 9.17) is 11.6 Å². The second-order valence-electron chi connectivity index (χ2n) is 5.72. The maximum Gasteiger partial charge on any atom is 0.131 e. The summed E-state index contributed by atoms with van der Waals surface area (Å²) in [5, 5.41) is -0.587. The number of hydrogen-bond donors (Lipinski definition) is 0. The Labute approximate surface area is 128 Å². The summed E-state index contributed by atoms with van der Waals surface area (Å²) in [7, 11) is 0. The van der Waals surface area contributed by atoms with Crippen LogP contribution >= 0.6 is 11.6 Å². The molecular formula is C18H17ClF2. The molecule has 0 N–H and O–H groups in total. The molecule has 2 aromatic rings. The van der Waals surface area contributed by atoms with E-state index in [2.05, 4.69) is 12.1 Å². The summed E-state index contributed by atoms with van der Waals surface area (Å²) in [6.45, 7) is 1.62. The third-order valence-corrected chi connectivity index (χ3v) is 4.70. The molecule has 21 heavy (non-hydrogen) atoms. The molecule has 1 aliphatic rings. The van der Waals surface area contributed by atoms with E-state index in [-0.39, 0.29) is 0 Å². The van der Waals surface area contributed by atoms with Crippen LogP contribution in [0.2, 0.25) is 0 Å². The van der Waals surface area contributed by atoms with Gasteiger partial charge in [0.25, 0.3) is 0 Å². The second-order valence-corrected chi connectivity index (χ2v) is 6.16. The molecule has 0 aliphatic heterocycles. The Balaban J connectivity index is 1.98. The van der Waals surface area contributed by atoms with Gasteiger partial charge < -0.3 is 0 Å². The van der Waals surface area contributed by atoms with Crippen molar-refractivity contribution in [1.29, 1.82) is 0 Å². The molecule has 2 aromatic carbocycles. The van der Waals surface area contributed by atoms with E-state index in [1.807, 2.05) is 6.07 Å². The van der Waals surface area contributed by atoms with Crippen LogP contribution in [0.1, 0.15) is 46.0 Å². The molecule has 1 aliphatic carbocycles. The molecule has 1 unspecified atom stereocenters. The van der Waals surface area contributed by atoms with Gasteiger partial charge in [-0.2, -0.15) is 0 Å². The first-order valence-electron chi connectivity index (χ1n) is 7.27. The van der Waals surface area contributed by atoms with E-state index in [1.54, 1.807) is 6.92 Å². The highest BCUT2D eigenvalue weighted by atomic mass is 35.5.